The van der Waals surface area contributed by atoms with Crippen LogP contribution in [0, 0.1) is 0 Å². The molecule has 4 rings (SSSR count). The number of ether oxygens (including phenoxy) is 1. The monoisotopic (exact) mass is 338 g/mol. The van der Waals surface area contributed by atoms with E-state index in [4.69, 9.17) is 4.74 Å². The number of fused-ring (bicyclic) bond motifs is 1. The van der Waals surface area contributed by atoms with E-state index in [2.05, 4.69) is 79.7 Å². The Labute approximate surface area is 154 Å². The summed E-state index contributed by atoms with van der Waals surface area (Å²) >= 11 is 0. The quantitative estimate of drug-likeness (QED) is 0.400. The first kappa shape index (κ1) is 16.4. The van der Waals surface area contributed by atoms with E-state index in [9.17, 15) is 0 Å². The third-order valence-corrected chi connectivity index (χ3v) is 4.90. The molecule has 4 aromatic carbocycles. The van der Waals surface area contributed by atoms with Gasteiger partial charge in [-0.05, 0) is 39.6 Å². The Kier molecular flexibility index (Phi) is 4.70. The Morgan fingerprint density at radius 2 is 1.46 bits per heavy atom. The van der Waals surface area contributed by atoms with E-state index < -0.39 is 0 Å². The molecule has 0 aliphatic heterocycles. The molecule has 26 heavy (non-hydrogen) atoms. The van der Waals surface area contributed by atoms with Gasteiger partial charge in [0.1, 0.15) is 12.4 Å². The predicted octanol–water partition coefficient (Wildman–Crippen LogP) is 6.57. The van der Waals surface area contributed by atoms with Gasteiger partial charge in [-0.1, -0.05) is 91.9 Å². The Bertz CT molecular complexity index is 999. The average molecular weight is 338 g/mol. The first-order valence-electron chi connectivity index (χ1n) is 9.05. The van der Waals surface area contributed by atoms with Crippen molar-refractivity contribution < 1.29 is 4.74 Å². The first-order chi connectivity index (χ1) is 12.8. The molecule has 0 spiro atoms. The van der Waals surface area contributed by atoms with Crippen molar-refractivity contribution in [3.8, 4) is 5.75 Å². The zero-order valence-corrected chi connectivity index (χ0v) is 14.9. The summed E-state index contributed by atoms with van der Waals surface area (Å²) in [4.78, 5) is 0. The summed E-state index contributed by atoms with van der Waals surface area (Å²) in [7, 11) is 0. The van der Waals surface area contributed by atoms with Crippen molar-refractivity contribution in [2.45, 2.75) is 19.4 Å². The molecule has 128 valence electrons. The van der Waals surface area contributed by atoms with Crippen molar-refractivity contribution in [1.82, 2.24) is 0 Å². The molecule has 0 saturated carbocycles. The second-order valence-electron chi connectivity index (χ2n) is 6.64. The summed E-state index contributed by atoms with van der Waals surface area (Å²) in [6.07, 6.45) is 0. The van der Waals surface area contributed by atoms with Crippen molar-refractivity contribution in [3.05, 3.63) is 114 Å². The fourth-order valence-electron chi connectivity index (χ4n) is 3.42. The lowest BCUT2D eigenvalue weighted by atomic mass is 9.89. The molecule has 1 unspecified atom stereocenters. The molecule has 0 saturated heterocycles. The van der Waals surface area contributed by atoms with Gasteiger partial charge in [0, 0.05) is 5.92 Å². The van der Waals surface area contributed by atoms with Crippen LogP contribution >= 0.6 is 0 Å². The molecule has 0 fully saturated rings. The van der Waals surface area contributed by atoms with E-state index in [1.165, 1.54) is 27.5 Å². The zero-order chi connectivity index (χ0) is 17.8. The number of hydrogen-bond donors (Lipinski definition) is 0. The lowest BCUT2D eigenvalue weighted by Gasteiger charge is -2.16. The minimum Gasteiger partial charge on any atom is -0.489 e. The Morgan fingerprint density at radius 1 is 0.731 bits per heavy atom. The minimum absolute atomic E-state index is 0.307. The SMILES string of the molecule is CC(c1cccc(OCc2ccccc2)c1)c1cccc2ccccc12. The Morgan fingerprint density at radius 3 is 2.35 bits per heavy atom. The third-order valence-electron chi connectivity index (χ3n) is 4.90. The summed E-state index contributed by atoms with van der Waals surface area (Å²) in [6.45, 7) is 2.85. The highest BCUT2D eigenvalue weighted by Crippen LogP contribution is 2.32. The van der Waals surface area contributed by atoms with Crippen LogP contribution in [0.1, 0.15) is 29.5 Å². The summed E-state index contributed by atoms with van der Waals surface area (Å²) in [5.74, 6) is 1.22. The topological polar surface area (TPSA) is 9.23 Å². The van der Waals surface area contributed by atoms with Crippen molar-refractivity contribution in [2.75, 3.05) is 0 Å². The van der Waals surface area contributed by atoms with Crippen LogP contribution in [0.5, 0.6) is 5.75 Å². The third kappa shape index (κ3) is 3.48. The van der Waals surface area contributed by atoms with Crippen molar-refractivity contribution in [1.29, 1.82) is 0 Å². The highest BCUT2D eigenvalue weighted by atomic mass is 16.5. The predicted molar refractivity (Wildman–Crippen MR) is 109 cm³/mol. The van der Waals surface area contributed by atoms with Gasteiger partial charge in [-0.3, -0.25) is 0 Å². The standard InChI is InChI=1S/C25H22O/c1-19(24-16-8-12-21-11-5-6-15-25(21)24)22-13-7-14-23(17-22)26-18-20-9-3-2-4-10-20/h2-17,19H,18H2,1H3. The second-order valence-corrected chi connectivity index (χ2v) is 6.64. The van der Waals surface area contributed by atoms with Gasteiger partial charge in [-0.15, -0.1) is 0 Å². The lowest BCUT2D eigenvalue weighted by Crippen LogP contribution is -1.99. The van der Waals surface area contributed by atoms with Gasteiger partial charge in [-0.2, -0.15) is 0 Å². The maximum Gasteiger partial charge on any atom is 0.120 e. The summed E-state index contributed by atoms with van der Waals surface area (Å²) in [5, 5.41) is 2.60. The smallest absolute Gasteiger partial charge is 0.120 e. The molecule has 1 nitrogen and oxygen atoms in total. The van der Waals surface area contributed by atoms with Gasteiger partial charge in [-0.25, -0.2) is 0 Å². The number of benzene rings is 4. The Balaban J connectivity index is 1.59. The van der Waals surface area contributed by atoms with Crippen LogP contribution in [-0.2, 0) is 6.61 Å². The maximum absolute atomic E-state index is 6.01. The van der Waals surface area contributed by atoms with Crippen LogP contribution in [-0.4, -0.2) is 0 Å². The highest BCUT2D eigenvalue weighted by molar-refractivity contribution is 5.86. The molecule has 4 aromatic rings. The zero-order valence-electron chi connectivity index (χ0n) is 14.9. The Hall–Kier alpha value is -3.06. The van der Waals surface area contributed by atoms with Gasteiger partial charge < -0.3 is 4.74 Å². The molecular formula is C25H22O. The van der Waals surface area contributed by atoms with E-state index in [0.29, 0.717) is 12.5 Å². The minimum atomic E-state index is 0.307. The van der Waals surface area contributed by atoms with Gasteiger partial charge >= 0.3 is 0 Å². The molecule has 0 aromatic heterocycles. The van der Waals surface area contributed by atoms with Gasteiger partial charge in [0.15, 0.2) is 0 Å². The molecule has 0 amide bonds. The molecule has 0 radical (unpaired) electrons. The van der Waals surface area contributed by atoms with E-state index >= 15 is 0 Å². The van der Waals surface area contributed by atoms with Crippen LogP contribution in [0.4, 0.5) is 0 Å². The van der Waals surface area contributed by atoms with E-state index in [0.717, 1.165) is 5.75 Å². The number of hydrogen-bond acceptors (Lipinski definition) is 1. The molecule has 0 bridgehead atoms. The average Bonchev–Trinajstić information content (AvgIpc) is 2.72. The second kappa shape index (κ2) is 7.45. The van der Waals surface area contributed by atoms with Gasteiger partial charge in [0.05, 0.1) is 0 Å². The van der Waals surface area contributed by atoms with Crippen LogP contribution < -0.4 is 4.74 Å². The van der Waals surface area contributed by atoms with E-state index in [1.54, 1.807) is 0 Å². The van der Waals surface area contributed by atoms with E-state index in [-0.39, 0.29) is 0 Å². The largest absolute Gasteiger partial charge is 0.489 e. The number of rotatable bonds is 5. The van der Waals surface area contributed by atoms with Crippen molar-refractivity contribution in [3.63, 3.8) is 0 Å². The summed E-state index contributed by atoms with van der Waals surface area (Å²) < 4.78 is 6.01. The molecule has 0 aliphatic carbocycles. The molecule has 0 heterocycles. The van der Waals surface area contributed by atoms with Gasteiger partial charge in [0.25, 0.3) is 0 Å². The lowest BCUT2D eigenvalue weighted by molar-refractivity contribution is 0.306. The van der Waals surface area contributed by atoms with E-state index in [1.807, 2.05) is 24.3 Å². The molecule has 0 N–H and O–H groups in total. The van der Waals surface area contributed by atoms with Crippen LogP contribution in [0.3, 0.4) is 0 Å². The summed E-state index contributed by atoms with van der Waals surface area (Å²) in [5.41, 5.74) is 3.80. The summed E-state index contributed by atoms with van der Waals surface area (Å²) in [6, 6.07) is 33.8. The van der Waals surface area contributed by atoms with Crippen molar-refractivity contribution >= 4 is 10.8 Å². The van der Waals surface area contributed by atoms with Gasteiger partial charge in [0.2, 0.25) is 0 Å². The first-order valence-corrected chi connectivity index (χ1v) is 9.05. The fraction of sp³-hybridized carbons (Fsp3) is 0.120. The molecule has 1 heteroatoms. The van der Waals surface area contributed by atoms with Crippen LogP contribution in [0.2, 0.25) is 0 Å². The molecular weight excluding hydrogens is 316 g/mol. The van der Waals surface area contributed by atoms with Crippen molar-refractivity contribution in [2.24, 2.45) is 0 Å². The highest BCUT2D eigenvalue weighted by Gasteiger charge is 2.12. The molecule has 1 atom stereocenters. The fourth-order valence-corrected chi connectivity index (χ4v) is 3.42. The van der Waals surface area contributed by atoms with Crippen LogP contribution in [0.25, 0.3) is 10.8 Å². The van der Waals surface area contributed by atoms with Crippen LogP contribution in [0.15, 0.2) is 97.1 Å². The molecule has 0 aliphatic rings. The maximum atomic E-state index is 6.01. The normalized spacial score (nSPS) is 12.0.